The van der Waals surface area contributed by atoms with Gasteiger partial charge in [-0.2, -0.15) is 0 Å². The molecule has 0 aliphatic carbocycles. The molecule has 0 unspecified atom stereocenters. The van der Waals surface area contributed by atoms with E-state index in [0.717, 1.165) is 18.5 Å². The van der Waals surface area contributed by atoms with Crippen molar-refractivity contribution in [3.05, 3.63) is 35.4 Å². The number of rotatable bonds is 6. The summed E-state index contributed by atoms with van der Waals surface area (Å²) in [7, 11) is 0. The molecule has 0 spiro atoms. The summed E-state index contributed by atoms with van der Waals surface area (Å²) in [6.07, 6.45) is 6.01. The molecule has 0 saturated carbocycles. The summed E-state index contributed by atoms with van der Waals surface area (Å²) < 4.78 is 0. The lowest BCUT2D eigenvalue weighted by molar-refractivity contribution is -0.136. The molecule has 19 heavy (non-hydrogen) atoms. The zero-order valence-electron chi connectivity index (χ0n) is 11.5. The van der Waals surface area contributed by atoms with Crippen LogP contribution in [-0.4, -0.2) is 35.6 Å². The summed E-state index contributed by atoms with van der Waals surface area (Å²) in [4.78, 5) is 13.1. The number of hydrogen-bond donors (Lipinski definition) is 1. The van der Waals surface area contributed by atoms with E-state index in [1.54, 1.807) is 0 Å². The molecule has 0 radical (unpaired) electrons. The number of aryl methyl sites for hydroxylation is 1. The normalized spacial score (nSPS) is 16.4. The zero-order chi connectivity index (χ0) is 13.5. The van der Waals surface area contributed by atoms with Gasteiger partial charge in [-0.15, -0.1) is 0 Å². The summed E-state index contributed by atoms with van der Waals surface area (Å²) in [5.74, 6) is -0.728. The van der Waals surface area contributed by atoms with Crippen LogP contribution in [0.5, 0.6) is 0 Å². The van der Waals surface area contributed by atoms with Gasteiger partial charge in [-0.25, -0.2) is 0 Å². The Morgan fingerprint density at radius 1 is 1.00 bits per heavy atom. The van der Waals surface area contributed by atoms with Gasteiger partial charge >= 0.3 is 5.97 Å². The second-order valence-electron chi connectivity index (χ2n) is 5.36. The van der Waals surface area contributed by atoms with Gasteiger partial charge in [0, 0.05) is 13.0 Å². The Hall–Kier alpha value is -1.35. The number of benzene rings is 1. The van der Waals surface area contributed by atoms with Crippen LogP contribution in [0.1, 0.15) is 36.8 Å². The minimum Gasteiger partial charge on any atom is -0.481 e. The predicted octanol–water partition coefficient (Wildman–Crippen LogP) is 2.73. The lowest BCUT2D eigenvalue weighted by Crippen LogP contribution is -2.31. The fraction of sp³-hybridized carbons (Fsp3) is 0.562. The van der Waals surface area contributed by atoms with Crippen LogP contribution in [-0.2, 0) is 17.6 Å². The number of likely N-dealkylation sites (tertiary alicyclic amines) is 1. The molecular formula is C16H23NO2. The van der Waals surface area contributed by atoms with E-state index >= 15 is 0 Å². The van der Waals surface area contributed by atoms with Crippen molar-refractivity contribution >= 4 is 5.97 Å². The molecule has 1 heterocycles. The first-order valence-electron chi connectivity index (χ1n) is 7.26. The van der Waals surface area contributed by atoms with Crippen molar-refractivity contribution in [2.45, 2.75) is 38.5 Å². The maximum Gasteiger partial charge on any atom is 0.303 e. The SMILES string of the molecule is O=C(O)CCc1ccc(CCN2CCCCC2)cc1. The fourth-order valence-electron chi connectivity index (χ4n) is 2.59. The van der Waals surface area contributed by atoms with Gasteiger partial charge in [0.1, 0.15) is 0 Å². The lowest BCUT2D eigenvalue weighted by atomic mass is 10.0. The average molecular weight is 261 g/mol. The lowest BCUT2D eigenvalue weighted by Gasteiger charge is -2.26. The smallest absolute Gasteiger partial charge is 0.303 e. The molecule has 0 atom stereocenters. The molecule has 1 aromatic carbocycles. The number of carbonyl (C=O) groups is 1. The van der Waals surface area contributed by atoms with Crippen LogP contribution >= 0.6 is 0 Å². The third-order valence-electron chi connectivity index (χ3n) is 3.82. The number of hydrogen-bond acceptors (Lipinski definition) is 2. The Morgan fingerprint density at radius 3 is 2.16 bits per heavy atom. The van der Waals surface area contributed by atoms with Crippen molar-refractivity contribution < 1.29 is 9.90 Å². The van der Waals surface area contributed by atoms with Crippen LogP contribution in [0.4, 0.5) is 0 Å². The van der Waals surface area contributed by atoms with Gasteiger partial charge in [0.2, 0.25) is 0 Å². The third-order valence-corrected chi connectivity index (χ3v) is 3.82. The first-order valence-corrected chi connectivity index (χ1v) is 7.26. The molecule has 0 aromatic heterocycles. The third kappa shape index (κ3) is 5.03. The van der Waals surface area contributed by atoms with E-state index in [0.29, 0.717) is 6.42 Å². The largest absolute Gasteiger partial charge is 0.481 e. The van der Waals surface area contributed by atoms with Crippen LogP contribution in [0.25, 0.3) is 0 Å². The highest BCUT2D eigenvalue weighted by Gasteiger charge is 2.09. The number of nitrogens with zero attached hydrogens (tertiary/aromatic N) is 1. The Kier molecular flexibility index (Phi) is 5.40. The maximum atomic E-state index is 10.5. The van der Waals surface area contributed by atoms with Crippen LogP contribution in [0.15, 0.2) is 24.3 Å². The molecule has 1 aliphatic heterocycles. The van der Waals surface area contributed by atoms with E-state index in [1.807, 2.05) is 0 Å². The van der Waals surface area contributed by atoms with Crippen molar-refractivity contribution in [1.29, 1.82) is 0 Å². The summed E-state index contributed by atoms with van der Waals surface area (Å²) in [5, 5.41) is 8.65. The van der Waals surface area contributed by atoms with Crippen molar-refractivity contribution in [3.8, 4) is 0 Å². The minimum atomic E-state index is -0.728. The van der Waals surface area contributed by atoms with Gasteiger partial charge in [-0.1, -0.05) is 30.7 Å². The molecule has 3 heteroatoms. The Morgan fingerprint density at radius 2 is 1.58 bits per heavy atom. The Balaban J connectivity index is 1.76. The second kappa shape index (κ2) is 7.29. The van der Waals surface area contributed by atoms with Gasteiger partial charge in [0.25, 0.3) is 0 Å². The highest BCUT2D eigenvalue weighted by atomic mass is 16.4. The summed E-state index contributed by atoms with van der Waals surface area (Å²) in [6.45, 7) is 3.64. The molecule has 0 amide bonds. The van der Waals surface area contributed by atoms with Gasteiger partial charge in [0.05, 0.1) is 0 Å². The molecule has 3 nitrogen and oxygen atoms in total. The van der Waals surface area contributed by atoms with Crippen LogP contribution in [0, 0.1) is 0 Å². The first-order chi connectivity index (χ1) is 9.24. The van der Waals surface area contributed by atoms with Crippen molar-refractivity contribution in [2.24, 2.45) is 0 Å². The summed E-state index contributed by atoms with van der Waals surface area (Å²) >= 11 is 0. The number of carboxylic acid groups (broad SMARTS) is 1. The standard InChI is InChI=1S/C16H23NO2/c18-16(19)9-8-14-4-6-15(7-5-14)10-13-17-11-2-1-3-12-17/h4-7H,1-3,8-13H2,(H,18,19). The van der Waals surface area contributed by atoms with E-state index in [-0.39, 0.29) is 6.42 Å². The van der Waals surface area contributed by atoms with E-state index in [2.05, 4.69) is 29.2 Å². The highest BCUT2D eigenvalue weighted by Crippen LogP contribution is 2.11. The molecular weight excluding hydrogens is 238 g/mol. The molecule has 104 valence electrons. The van der Waals surface area contributed by atoms with Gasteiger partial charge in [-0.05, 0) is 49.9 Å². The van der Waals surface area contributed by atoms with Crippen LogP contribution in [0.3, 0.4) is 0 Å². The molecule has 2 rings (SSSR count). The summed E-state index contributed by atoms with van der Waals surface area (Å²) in [5.41, 5.74) is 2.47. The Bertz CT molecular complexity index is 394. The molecule has 1 saturated heterocycles. The predicted molar refractivity (Wildman–Crippen MR) is 76.4 cm³/mol. The van der Waals surface area contributed by atoms with E-state index in [9.17, 15) is 4.79 Å². The molecule has 1 N–H and O–H groups in total. The number of carboxylic acids is 1. The number of aliphatic carboxylic acids is 1. The van der Waals surface area contributed by atoms with E-state index in [1.165, 1.54) is 37.9 Å². The fourth-order valence-corrected chi connectivity index (χ4v) is 2.59. The molecule has 0 bridgehead atoms. The van der Waals surface area contributed by atoms with Crippen LogP contribution in [0.2, 0.25) is 0 Å². The zero-order valence-corrected chi connectivity index (χ0v) is 11.5. The van der Waals surface area contributed by atoms with Gasteiger partial charge < -0.3 is 10.0 Å². The van der Waals surface area contributed by atoms with Gasteiger partial charge in [0.15, 0.2) is 0 Å². The maximum absolute atomic E-state index is 10.5. The first kappa shape index (κ1) is 14.1. The molecule has 1 fully saturated rings. The van der Waals surface area contributed by atoms with E-state index < -0.39 is 5.97 Å². The quantitative estimate of drug-likeness (QED) is 0.856. The number of piperidine rings is 1. The Labute approximate surface area is 115 Å². The van der Waals surface area contributed by atoms with Crippen LogP contribution < -0.4 is 0 Å². The monoisotopic (exact) mass is 261 g/mol. The summed E-state index contributed by atoms with van der Waals surface area (Å²) in [6, 6.07) is 8.41. The second-order valence-corrected chi connectivity index (χ2v) is 5.36. The van der Waals surface area contributed by atoms with Crippen molar-refractivity contribution in [2.75, 3.05) is 19.6 Å². The van der Waals surface area contributed by atoms with Crippen molar-refractivity contribution in [3.63, 3.8) is 0 Å². The van der Waals surface area contributed by atoms with Gasteiger partial charge in [-0.3, -0.25) is 4.79 Å². The topological polar surface area (TPSA) is 40.5 Å². The van der Waals surface area contributed by atoms with Crippen molar-refractivity contribution in [1.82, 2.24) is 4.90 Å². The average Bonchev–Trinajstić information content (AvgIpc) is 2.45. The molecule has 1 aliphatic rings. The minimum absolute atomic E-state index is 0.215. The molecule has 1 aromatic rings. The van der Waals surface area contributed by atoms with E-state index in [4.69, 9.17) is 5.11 Å². The highest BCUT2D eigenvalue weighted by molar-refractivity contribution is 5.67.